The van der Waals surface area contributed by atoms with E-state index < -0.39 is 0 Å². The lowest BCUT2D eigenvalue weighted by Crippen LogP contribution is -2.34. The summed E-state index contributed by atoms with van der Waals surface area (Å²) in [5.74, 6) is 0.0556. The van der Waals surface area contributed by atoms with Crippen molar-refractivity contribution in [3.05, 3.63) is 64.2 Å². The minimum atomic E-state index is -0.160. The van der Waals surface area contributed by atoms with E-state index in [1.165, 1.54) is 11.1 Å². The summed E-state index contributed by atoms with van der Waals surface area (Å²) in [4.78, 5) is 13.6. The molecule has 0 saturated carbocycles. The van der Waals surface area contributed by atoms with E-state index in [4.69, 9.17) is 11.6 Å². The lowest BCUT2D eigenvalue weighted by molar-refractivity contribution is -0.121. The Morgan fingerprint density at radius 1 is 1.12 bits per heavy atom. The van der Waals surface area contributed by atoms with Gasteiger partial charge < -0.3 is 5.32 Å². The molecule has 2 rings (SSSR count). The van der Waals surface area contributed by atoms with Crippen LogP contribution in [0.15, 0.2) is 47.4 Å². The third-order valence-corrected chi connectivity index (χ3v) is 5.52. The Morgan fingerprint density at radius 2 is 1.79 bits per heavy atom. The summed E-state index contributed by atoms with van der Waals surface area (Å²) < 4.78 is 0. The molecule has 4 heteroatoms. The lowest BCUT2D eigenvalue weighted by atomic mass is 9.99. The Balaban J connectivity index is 2.02. The smallest absolute Gasteiger partial charge is 0.233 e. The van der Waals surface area contributed by atoms with Gasteiger partial charge in [-0.15, -0.1) is 11.8 Å². The minimum absolute atomic E-state index is 0.0464. The molecule has 0 aliphatic rings. The van der Waals surface area contributed by atoms with E-state index in [-0.39, 0.29) is 17.2 Å². The molecule has 2 nitrogen and oxygen atoms in total. The van der Waals surface area contributed by atoms with Crippen LogP contribution < -0.4 is 5.32 Å². The SMILES string of the molecule is CCC(NC(=O)C(C)Sc1ccc(Cl)cc1)c1ccc(C)c(C)c1. The summed E-state index contributed by atoms with van der Waals surface area (Å²) in [6, 6.07) is 14.0. The highest BCUT2D eigenvalue weighted by atomic mass is 35.5. The van der Waals surface area contributed by atoms with Gasteiger partial charge in [0, 0.05) is 9.92 Å². The monoisotopic (exact) mass is 361 g/mol. The molecule has 24 heavy (non-hydrogen) atoms. The van der Waals surface area contributed by atoms with Crippen molar-refractivity contribution in [3.63, 3.8) is 0 Å². The van der Waals surface area contributed by atoms with E-state index in [0.29, 0.717) is 5.02 Å². The third kappa shape index (κ3) is 5.02. The minimum Gasteiger partial charge on any atom is -0.348 e. The Hall–Kier alpha value is -1.45. The fraction of sp³-hybridized carbons (Fsp3) is 0.350. The normalized spacial score (nSPS) is 13.4. The van der Waals surface area contributed by atoms with Crippen LogP contribution in [0.4, 0.5) is 0 Å². The second-order valence-electron chi connectivity index (χ2n) is 6.03. The number of rotatable bonds is 6. The van der Waals surface area contributed by atoms with Crippen molar-refractivity contribution in [2.45, 2.75) is 50.3 Å². The van der Waals surface area contributed by atoms with Crippen LogP contribution in [0.3, 0.4) is 0 Å². The first-order valence-electron chi connectivity index (χ1n) is 8.20. The van der Waals surface area contributed by atoms with Crippen LogP contribution in [0, 0.1) is 13.8 Å². The topological polar surface area (TPSA) is 29.1 Å². The van der Waals surface area contributed by atoms with Crippen LogP contribution in [-0.4, -0.2) is 11.2 Å². The summed E-state index contributed by atoms with van der Waals surface area (Å²) in [5, 5.41) is 3.72. The molecule has 2 atom stereocenters. The summed E-state index contributed by atoms with van der Waals surface area (Å²) in [6.45, 7) is 8.23. The molecule has 0 fully saturated rings. The first-order chi connectivity index (χ1) is 11.4. The molecule has 0 saturated heterocycles. The molecule has 0 aromatic heterocycles. The second kappa shape index (κ2) is 8.59. The molecular weight excluding hydrogens is 338 g/mol. The molecule has 0 spiro atoms. The zero-order chi connectivity index (χ0) is 17.7. The maximum Gasteiger partial charge on any atom is 0.233 e. The lowest BCUT2D eigenvalue weighted by Gasteiger charge is -2.21. The molecule has 2 aromatic rings. The molecule has 0 aliphatic carbocycles. The van der Waals surface area contributed by atoms with Crippen molar-refractivity contribution >= 4 is 29.3 Å². The molecule has 2 aromatic carbocycles. The maximum atomic E-state index is 12.6. The van der Waals surface area contributed by atoms with Crippen LogP contribution in [0.25, 0.3) is 0 Å². The van der Waals surface area contributed by atoms with Gasteiger partial charge >= 0.3 is 0 Å². The molecule has 0 radical (unpaired) electrons. The molecular formula is C20H24ClNOS. The van der Waals surface area contributed by atoms with Crippen molar-refractivity contribution in [3.8, 4) is 0 Å². The Kier molecular flexibility index (Phi) is 6.76. The van der Waals surface area contributed by atoms with Crippen LogP contribution in [0.2, 0.25) is 5.02 Å². The first-order valence-corrected chi connectivity index (χ1v) is 9.46. The van der Waals surface area contributed by atoms with Crippen molar-refractivity contribution < 1.29 is 4.79 Å². The van der Waals surface area contributed by atoms with Gasteiger partial charge in [-0.3, -0.25) is 4.79 Å². The average Bonchev–Trinajstić information content (AvgIpc) is 2.57. The maximum absolute atomic E-state index is 12.6. The molecule has 1 amide bonds. The van der Waals surface area contributed by atoms with Gasteiger partial charge in [0.2, 0.25) is 5.91 Å². The molecule has 2 unspecified atom stereocenters. The van der Waals surface area contributed by atoms with Crippen molar-refractivity contribution in [1.82, 2.24) is 5.32 Å². The standard InChI is InChI=1S/C20H24ClNOS/c1-5-19(16-7-6-13(2)14(3)12-16)22-20(23)15(4)24-18-10-8-17(21)9-11-18/h6-12,15,19H,5H2,1-4H3,(H,22,23). The molecule has 1 N–H and O–H groups in total. The highest BCUT2D eigenvalue weighted by molar-refractivity contribution is 8.00. The number of aryl methyl sites for hydroxylation is 2. The number of halogens is 1. The second-order valence-corrected chi connectivity index (χ2v) is 7.88. The number of hydrogen-bond acceptors (Lipinski definition) is 2. The molecule has 128 valence electrons. The number of benzene rings is 2. The van der Waals surface area contributed by atoms with Gasteiger partial charge in [0.05, 0.1) is 11.3 Å². The summed E-state index contributed by atoms with van der Waals surface area (Å²) in [7, 11) is 0. The van der Waals surface area contributed by atoms with Crippen LogP contribution >= 0.6 is 23.4 Å². The number of carbonyl (C=O) groups is 1. The van der Waals surface area contributed by atoms with Crippen molar-refractivity contribution in [2.75, 3.05) is 0 Å². The highest BCUT2D eigenvalue weighted by Crippen LogP contribution is 2.26. The van der Waals surface area contributed by atoms with E-state index >= 15 is 0 Å². The van der Waals surface area contributed by atoms with E-state index in [0.717, 1.165) is 16.9 Å². The van der Waals surface area contributed by atoms with Gasteiger partial charge in [-0.25, -0.2) is 0 Å². The molecule has 0 heterocycles. The van der Waals surface area contributed by atoms with Crippen LogP contribution in [0.1, 0.15) is 43.0 Å². The largest absolute Gasteiger partial charge is 0.348 e. The number of nitrogens with one attached hydrogen (secondary N) is 1. The summed E-state index contributed by atoms with van der Waals surface area (Å²) in [5.41, 5.74) is 3.69. The van der Waals surface area contributed by atoms with Crippen LogP contribution in [0.5, 0.6) is 0 Å². The number of carbonyl (C=O) groups excluding carboxylic acids is 1. The predicted molar refractivity (Wildman–Crippen MR) is 104 cm³/mol. The zero-order valence-corrected chi connectivity index (χ0v) is 16.2. The zero-order valence-electron chi connectivity index (χ0n) is 14.6. The first kappa shape index (κ1) is 18.9. The summed E-state index contributed by atoms with van der Waals surface area (Å²) in [6.07, 6.45) is 0.868. The average molecular weight is 362 g/mol. The van der Waals surface area contributed by atoms with E-state index in [2.05, 4.69) is 44.3 Å². The third-order valence-electron chi connectivity index (χ3n) is 4.15. The Morgan fingerprint density at radius 3 is 2.38 bits per heavy atom. The van der Waals surface area contributed by atoms with Gasteiger partial charge in [0.1, 0.15) is 0 Å². The van der Waals surface area contributed by atoms with Gasteiger partial charge in [-0.2, -0.15) is 0 Å². The number of thioether (sulfide) groups is 1. The quantitative estimate of drug-likeness (QED) is 0.668. The molecule has 0 aliphatic heterocycles. The summed E-state index contributed by atoms with van der Waals surface area (Å²) >= 11 is 7.44. The van der Waals surface area contributed by atoms with Gasteiger partial charge in [-0.1, -0.05) is 36.7 Å². The van der Waals surface area contributed by atoms with Gasteiger partial charge in [-0.05, 0) is 68.1 Å². The number of amides is 1. The highest BCUT2D eigenvalue weighted by Gasteiger charge is 2.19. The Labute approximate surface area is 154 Å². The predicted octanol–water partition coefficient (Wildman–Crippen LogP) is 5.70. The fourth-order valence-corrected chi connectivity index (χ4v) is 3.46. The van der Waals surface area contributed by atoms with Gasteiger partial charge in [0.25, 0.3) is 0 Å². The number of hydrogen-bond donors (Lipinski definition) is 1. The Bertz CT molecular complexity index is 699. The fourth-order valence-electron chi connectivity index (χ4n) is 2.46. The van der Waals surface area contributed by atoms with Crippen molar-refractivity contribution in [2.24, 2.45) is 0 Å². The van der Waals surface area contributed by atoms with Gasteiger partial charge in [0.15, 0.2) is 0 Å². The van der Waals surface area contributed by atoms with E-state index in [9.17, 15) is 4.79 Å². The molecule has 0 bridgehead atoms. The van der Waals surface area contributed by atoms with Crippen LogP contribution in [-0.2, 0) is 4.79 Å². The van der Waals surface area contributed by atoms with E-state index in [1.54, 1.807) is 11.8 Å². The van der Waals surface area contributed by atoms with Crippen molar-refractivity contribution in [1.29, 1.82) is 0 Å². The van der Waals surface area contributed by atoms with E-state index in [1.807, 2.05) is 31.2 Å².